The van der Waals surface area contributed by atoms with Gasteiger partial charge in [0.1, 0.15) is 17.1 Å². The van der Waals surface area contributed by atoms with Gasteiger partial charge in [-0.25, -0.2) is 27.9 Å². The summed E-state index contributed by atoms with van der Waals surface area (Å²) in [5, 5.41) is 18.7. The quantitative estimate of drug-likeness (QED) is 0.352. The van der Waals surface area contributed by atoms with Crippen molar-refractivity contribution in [2.75, 3.05) is 7.11 Å². The highest BCUT2D eigenvalue weighted by molar-refractivity contribution is 5.79. The number of carboxylic acids is 1. The Kier molecular flexibility index (Phi) is 6.29. The van der Waals surface area contributed by atoms with Gasteiger partial charge < -0.3 is 23.7 Å². The summed E-state index contributed by atoms with van der Waals surface area (Å²) >= 11 is 0. The highest BCUT2D eigenvalue weighted by atomic mass is 19.2. The van der Waals surface area contributed by atoms with Crippen LogP contribution in [0.25, 0.3) is 17.2 Å². The van der Waals surface area contributed by atoms with Gasteiger partial charge in [-0.2, -0.15) is 0 Å². The molecule has 3 aromatic heterocycles. The number of carboxylic acid groups (broad SMARTS) is 1. The lowest BCUT2D eigenvalue weighted by Gasteiger charge is -2.37. The normalized spacial score (nSPS) is 18.7. The standard InChI is InChI=1S/C25H23F3N6O4/c1-4-14-7-8-25(24(35)36,38-15-9-16(26)20(28)17(27)10-15)23-32-31-21(34(14)23)18-5-6-19(22(30-18)37-3)33-11-13(2)29-12-33/h5-6,9-12,14H,4,7-8H2,1-3H3,(H,35,36)/t14?,25-/m1/s1. The van der Waals surface area contributed by atoms with Crippen LogP contribution >= 0.6 is 0 Å². The largest absolute Gasteiger partial charge is 0.479 e. The summed E-state index contributed by atoms with van der Waals surface area (Å²) in [5.74, 6) is -6.15. The summed E-state index contributed by atoms with van der Waals surface area (Å²) in [6, 6.07) is 4.44. The van der Waals surface area contributed by atoms with E-state index in [1.165, 1.54) is 7.11 Å². The molecule has 1 aromatic carbocycles. The molecule has 1 aliphatic heterocycles. The molecular formula is C25H23F3N6O4. The Labute approximate surface area is 214 Å². The van der Waals surface area contributed by atoms with E-state index in [0.717, 1.165) is 5.69 Å². The highest BCUT2D eigenvalue weighted by Gasteiger charge is 2.52. The molecule has 4 aromatic rings. The van der Waals surface area contributed by atoms with Crippen molar-refractivity contribution in [3.8, 4) is 28.8 Å². The molecule has 13 heteroatoms. The monoisotopic (exact) mass is 528 g/mol. The van der Waals surface area contributed by atoms with Crippen LogP contribution in [0.4, 0.5) is 13.2 Å². The minimum absolute atomic E-state index is 0.0603. The van der Waals surface area contributed by atoms with E-state index in [1.807, 2.05) is 20.0 Å². The molecule has 198 valence electrons. The zero-order chi connectivity index (χ0) is 27.2. The number of aromatic nitrogens is 6. The van der Waals surface area contributed by atoms with Gasteiger partial charge in [0.05, 0.1) is 19.1 Å². The molecule has 1 aliphatic rings. The lowest BCUT2D eigenvalue weighted by Crippen LogP contribution is -2.47. The fourth-order valence-corrected chi connectivity index (χ4v) is 4.68. The molecule has 2 atom stereocenters. The van der Waals surface area contributed by atoms with Crippen molar-refractivity contribution in [2.45, 2.75) is 44.8 Å². The summed E-state index contributed by atoms with van der Waals surface area (Å²) in [4.78, 5) is 21.4. The second kappa shape index (κ2) is 9.47. The SMILES string of the molecule is CCC1CC[C@](Oc2cc(F)c(F)c(F)c2)(C(=O)O)c2nnc(-c3ccc(-n4cnc(C)c4)c(OC)n3)n21. The van der Waals surface area contributed by atoms with Crippen LogP contribution in [0, 0.1) is 24.4 Å². The van der Waals surface area contributed by atoms with Crippen molar-refractivity contribution in [1.29, 1.82) is 0 Å². The lowest BCUT2D eigenvalue weighted by molar-refractivity contribution is -0.160. The van der Waals surface area contributed by atoms with Crippen LogP contribution in [-0.4, -0.2) is 47.5 Å². The lowest BCUT2D eigenvalue weighted by atomic mass is 9.88. The maximum atomic E-state index is 13.9. The topological polar surface area (TPSA) is 117 Å². The number of imidazole rings is 1. The van der Waals surface area contributed by atoms with Gasteiger partial charge >= 0.3 is 5.97 Å². The van der Waals surface area contributed by atoms with E-state index >= 15 is 0 Å². The predicted octanol–water partition coefficient (Wildman–Crippen LogP) is 4.36. The van der Waals surface area contributed by atoms with Crippen LogP contribution in [0.15, 0.2) is 36.8 Å². The molecule has 0 amide bonds. The van der Waals surface area contributed by atoms with E-state index in [4.69, 9.17) is 9.47 Å². The molecule has 0 saturated carbocycles. The molecule has 5 rings (SSSR count). The van der Waals surface area contributed by atoms with Gasteiger partial charge in [0.15, 0.2) is 29.1 Å². The molecule has 4 heterocycles. The van der Waals surface area contributed by atoms with Crippen molar-refractivity contribution in [1.82, 2.24) is 29.3 Å². The van der Waals surface area contributed by atoms with Gasteiger partial charge in [0.2, 0.25) is 5.88 Å². The Hall–Kier alpha value is -4.42. The summed E-state index contributed by atoms with van der Waals surface area (Å²) < 4.78 is 55.8. The summed E-state index contributed by atoms with van der Waals surface area (Å²) in [7, 11) is 1.47. The van der Waals surface area contributed by atoms with Crippen LogP contribution < -0.4 is 9.47 Å². The summed E-state index contributed by atoms with van der Waals surface area (Å²) in [6.07, 6.45) is 4.31. The first-order valence-electron chi connectivity index (χ1n) is 11.8. The molecule has 38 heavy (non-hydrogen) atoms. The molecule has 0 radical (unpaired) electrons. The molecule has 0 fully saturated rings. The number of aliphatic carboxylic acids is 1. The number of nitrogens with zero attached hydrogens (tertiary/aromatic N) is 6. The summed E-state index contributed by atoms with van der Waals surface area (Å²) in [5.41, 5.74) is -0.337. The maximum absolute atomic E-state index is 13.9. The number of rotatable bonds is 7. The number of ether oxygens (including phenoxy) is 2. The van der Waals surface area contributed by atoms with Gasteiger partial charge in [-0.05, 0) is 31.9 Å². The number of aryl methyl sites for hydroxylation is 1. The fraction of sp³-hybridized carbons (Fsp3) is 0.320. The zero-order valence-electron chi connectivity index (χ0n) is 20.7. The Morgan fingerprint density at radius 2 is 1.95 bits per heavy atom. The number of halogens is 3. The van der Waals surface area contributed by atoms with Crippen LogP contribution in [0.3, 0.4) is 0 Å². The number of hydrogen-bond acceptors (Lipinski definition) is 7. The minimum atomic E-state index is -2.13. The first-order chi connectivity index (χ1) is 18.2. The molecule has 0 bridgehead atoms. The van der Waals surface area contributed by atoms with Crippen LogP contribution in [0.1, 0.15) is 43.7 Å². The predicted molar refractivity (Wildman–Crippen MR) is 126 cm³/mol. The number of hydrogen-bond donors (Lipinski definition) is 1. The molecule has 0 aliphatic carbocycles. The van der Waals surface area contributed by atoms with E-state index in [-0.39, 0.29) is 30.0 Å². The maximum Gasteiger partial charge on any atom is 0.356 e. The van der Waals surface area contributed by atoms with E-state index in [2.05, 4.69) is 20.2 Å². The summed E-state index contributed by atoms with van der Waals surface area (Å²) in [6.45, 7) is 3.78. The van der Waals surface area contributed by atoms with Gasteiger partial charge in [0.25, 0.3) is 5.60 Å². The molecule has 0 spiro atoms. The smallest absolute Gasteiger partial charge is 0.356 e. The van der Waals surface area contributed by atoms with Crippen LogP contribution in [-0.2, 0) is 10.4 Å². The third-order valence-electron chi connectivity index (χ3n) is 6.57. The van der Waals surface area contributed by atoms with E-state index in [0.29, 0.717) is 36.4 Å². The van der Waals surface area contributed by atoms with Gasteiger partial charge in [0, 0.05) is 30.8 Å². The van der Waals surface area contributed by atoms with Gasteiger partial charge in [-0.3, -0.25) is 0 Å². The first kappa shape index (κ1) is 25.2. The van der Waals surface area contributed by atoms with Crippen molar-refractivity contribution in [3.63, 3.8) is 0 Å². The number of fused-ring (bicyclic) bond motifs is 1. The van der Waals surface area contributed by atoms with Crippen molar-refractivity contribution in [3.05, 3.63) is 65.8 Å². The molecule has 1 N–H and O–H groups in total. The van der Waals surface area contributed by atoms with Crippen molar-refractivity contribution < 1.29 is 32.5 Å². The molecule has 1 unspecified atom stereocenters. The second-order valence-electron chi connectivity index (χ2n) is 8.90. The van der Waals surface area contributed by atoms with Crippen LogP contribution in [0.5, 0.6) is 11.6 Å². The number of methoxy groups -OCH3 is 1. The minimum Gasteiger partial charge on any atom is -0.479 e. The highest BCUT2D eigenvalue weighted by Crippen LogP contribution is 2.43. The zero-order valence-corrected chi connectivity index (χ0v) is 20.7. The molecule has 0 saturated heterocycles. The molecule has 10 nitrogen and oxygen atoms in total. The van der Waals surface area contributed by atoms with Crippen molar-refractivity contribution in [2.24, 2.45) is 0 Å². The third-order valence-corrected chi connectivity index (χ3v) is 6.57. The average molecular weight is 528 g/mol. The van der Waals surface area contributed by atoms with E-state index < -0.39 is 34.8 Å². The molecular weight excluding hydrogens is 505 g/mol. The third kappa shape index (κ3) is 4.03. The van der Waals surface area contributed by atoms with Gasteiger partial charge in [-0.1, -0.05) is 6.92 Å². The Morgan fingerprint density at radius 1 is 1.21 bits per heavy atom. The van der Waals surface area contributed by atoms with E-state index in [1.54, 1.807) is 27.6 Å². The second-order valence-corrected chi connectivity index (χ2v) is 8.90. The van der Waals surface area contributed by atoms with Crippen LogP contribution in [0.2, 0.25) is 0 Å². The van der Waals surface area contributed by atoms with E-state index in [9.17, 15) is 23.1 Å². The number of pyridine rings is 1. The number of benzene rings is 1. The number of carbonyl (C=O) groups is 1. The first-order valence-corrected chi connectivity index (χ1v) is 11.8. The Bertz CT molecular complexity index is 1510. The Balaban J connectivity index is 1.63. The average Bonchev–Trinajstić information content (AvgIpc) is 3.54. The fourth-order valence-electron chi connectivity index (χ4n) is 4.68. The van der Waals surface area contributed by atoms with Gasteiger partial charge in [-0.15, -0.1) is 10.2 Å². The Morgan fingerprint density at radius 3 is 2.55 bits per heavy atom. The van der Waals surface area contributed by atoms with Crippen molar-refractivity contribution >= 4 is 5.97 Å².